The summed E-state index contributed by atoms with van der Waals surface area (Å²) in [6, 6.07) is 3.24. The van der Waals surface area contributed by atoms with Gasteiger partial charge in [0.2, 0.25) is 5.82 Å². The third-order valence-electron chi connectivity index (χ3n) is 4.80. The maximum atomic E-state index is 14.0. The molecule has 2 aliphatic carbocycles. The van der Waals surface area contributed by atoms with Crippen LogP contribution in [0.1, 0.15) is 50.0 Å². The summed E-state index contributed by atoms with van der Waals surface area (Å²) >= 11 is 0. The topological polar surface area (TPSA) is 9.23 Å². The van der Waals surface area contributed by atoms with Crippen molar-refractivity contribution in [2.24, 2.45) is 11.8 Å². The number of ether oxygens (including phenoxy) is 1. The zero-order chi connectivity index (χ0) is 13.4. The van der Waals surface area contributed by atoms with Gasteiger partial charge in [-0.3, -0.25) is 0 Å². The Balaban J connectivity index is 1.74. The van der Waals surface area contributed by atoms with Crippen LogP contribution in [0.15, 0.2) is 12.1 Å². The van der Waals surface area contributed by atoms with Crippen LogP contribution in [0, 0.1) is 23.5 Å². The normalized spacial score (nSPS) is 27.3. The van der Waals surface area contributed by atoms with Crippen LogP contribution in [0.4, 0.5) is 8.78 Å². The third kappa shape index (κ3) is 2.47. The van der Waals surface area contributed by atoms with Gasteiger partial charge >= 0.3 is 0 Å². The molecule has 0 saturated heterocycles. The number of hydrogen-bond acceptors (Lipinski definition) is 1. The largest absolute Gasteiger partial charge is 0.494 e. The van der Waals surface area contributed by atoms with Crippen LogP contribution in [0.3, 0.4) is 0 Å². The van der Waals surface area contributed by atoms with Crippen LogP contribution in [0.5, 0.6) is 5.75 Å². The molecule has 19 heavy (non-hydrogen) atoms. The molecule has 3 heteroatoms. The van der Waals surface area contributed by atoms with Gasteiger partial charge in [-0.2, -0.15) is 4.39 Å². The molecule has 104 valence electrons. The van der Waals surface area contributed by atoms with E-state index < -0.39 is 11.6 Å². The maximum Gasteiger partial charge on any atom is 0.200 e. The van der Waals surface area contributed by atoms with E-state index in [1.54, 1.807) is 12.1 Å². The van der Waals surface area contributed by atoms with Crippen LogP contribution in [0.25, 0.3) is 0 Å². The van der Waals surface area contributed by atoms with Gasteiger partial charge in [0.05, 0.1) is 7.11 Å². The average molecular weight is 266 g/mol. The summed E-state index contributed by atoms with van der Waals surface area (Å²) < 4.78 is 32.6. The number of hydrogen-bond donors (Lipinski definition) is 0. The highest BCUT2D eigenvalue weighted by atomic mass is 19.2. The molecule has 1 nitrogen and oxygen atoms in total. The van der Waals surface area contributed by atoms with Crippen molar-refractivity contribution >= 4 is 0 Å². The Labute approximate surface area is 113 Å². The van der Waals surface area contributed by atoms with Crippen molar-refractivity contribution < 1.29 is 13.5 Å². The highest BCUT2D eigenvalue weighted by Crippen LogP contribution is 2.47. The van der Waals surface area contributed by atoms with E-state index in [1.807, 2.05) is 0 Å². The molecular weight excluding hydrogens is 246 g/mol. The molecule has 0 atom stereocenters. The first kappa shape index (κ1) is 12.9. The predicted octanol–water partition coefficient (Wildman–Crippen LogP) is 4.66. The molecule has 0 amide bonds. The summed E-state index contributed by atoms with van der Waals surface area (Å²) in [5, 5.41) is 0. The van der Waals surface area contributed by atoms with Crippen molar-refractivity contribution in [3.8, 4) is 5.75 Å². The Bertz CT molecular complexity index is 460. The molecule has 0 N–H and O–H groups in total. The first-order valence-corrected chi connectivity index (χ1v) is 7.22. The van der Waals surface area contributed by atoms with E-state index in [-0.39, 0.29) is 11.7 Å². The molecule has 0 radical (unpaired) electrons. The molecule has 0 aliphatic heterocycles. The standard InChI is InChI=1S/C16H20F2O/c1-19-14-9-8-13(15(17)16(14)18)12-6-4-11(5-7-12)10-2-3-10/h8-12H,2-7H2,1H3. The third-order valence-corrected chi connectivity index (χ3v) is 4.80. The van der Waals surface area contributed by atoms with Gasteiger partial charge in [-0.15, -0.1) is 0 Å². The lowest BCUT2D eigenvalue weighted by Crippen LogP contribution is -2.16. The van der Waals surface area contributed by atoms with E-state index in [9.17, 15) is 8.78 Å². The first-order chi connectivity index (χ1) is 9.20. The lowest BCUT2D eigenvalue weighted by atomic mass is 9.77. The molecule has 0 aromatic heterocycles. The van der Waals surface area contributed by atoms with Gasteiger partial charge in [-0.05, 0) is 67.9 Å². The van der Waals surface area contributed by atoms with E-state index in [0.29, 0.717) is 5.56 Å². The van der Waals surface area contributed by atoms with E-state index in [0.717, 1.165) is 24.7 Å². The van der Waals surface area contributed by atoms with Crippen molar-refractivity contribution in [2.75, 3.05) is 7.11 Å². The Kier molecular flexibility index (Phi) is 3.46. The molecule has 1 aromatic rings. The van der Waals surface area contributed by atoms with Crippen molar-refractivity contribution in [1.82, 2.24) is 0 Å². The van der Waals surface area contributed by atoms with Crippen LogP contribution < -0.4 is 4.74 Å². The molecule has 0 heterocycles. The monoisotopic (exact) mass is 266 g/mol. The second-order valence-corrected chi connectivity index (χ2v) is 5.93. The zero-order valence-corrected chi connectivity index (χ0v) is 11.3. The average Bonchev–Trinajstić information content (AvgIpc) is 3.27. The highest BCUT2D eigenvalue weighted by Gasteiger charge is 2.35. The molecule has 1 aromatic carbocycles. The highest BCUT2D eigenvalue weighted by molar-refractivity contribution is 5.33. The molecule has 2 aliphatic rings. The summed E-state index contributed by atoms with van der Waals surface area (Å²) in [6.07, 6.45) is 7.07. The Morgan fingerprint density at radius 1 is 0.895 bits per heavy atom. The summed E-state index contributed by atoms with van der Waals surface area (Å²) in [7, 11) is 1.36. The summed E-state index contributed by atoms with van der Waals surface area (Å²) in [4.78, 5) is 0. The quantitative estimate of drug-likeness (QED) is 0.773. The number of benzene rings is 1. The molecule has 3 rings (SSSR count). The summed E-state index contributed by atoms with van der Waals surface area (Å²) in [5.41, 5.74) is 0.535. The fraction of sp³-hybridized carbons (Fsp3) is 0.625. The predicted molar refractivity (Wildman–Crippen MR) is 70.3 cm³/mol. The van der Waals surface area contributed by atoms with E-state index in [4.69, 9.17) is 4.74 Å². The lowest BCUT2D eigenvalue weighted by Gasteiger charge is -2.29. The minimum absolute atomic E-state index is 0.00656. The van der Waals surface area contributed by atoms with Gasteiger partial charge < -0.3 is 4.74 Å². The SMILES string of the molecule is COc1ccc(C2CCC(C3CC3)CC2)c(F)c1F. The molecular formula is C16H20F2O. The van der Waals surface area contributed by atoms with Gasteiger partial charge in [-0.1, -0.05) is 6.07 Å². The fourth-order valence-electron chi connectivity index (χ4n) is 3.49. The zero-order valence-electron chi connectivity index (χ0n) is 11.3. The van der Waals surface area contributed by atoms with Crippen LogP contribution >= 0.6 is 0 Å². The van der Waals surface area contributed by atoms with Crippen LogP contribution in [0.2, 0.25) is 0 Å². The van der Waals surface area contributed by atoms with Crippen LogP contribution in [-0.4, -0.2) is 7.11 Å². The van der Waals surface area contributed by atoms with Gasteiger partial charge in [0.15, 0.2) is 11.6 Å². The van der Waals surface area contributed by atoms with Crippen molar-refractivity contribution in [3.05, 3.63) is 29.3 Å². The minimum atomic E-state index is -0.843. The van der Waals surface area contributed by atoms with Gasteiger partial charge in [0, 0.05) is 0 Å². The Morgan fingerprint density at radius 3 is 2.00 bits per heavy atom. The van der Waals surface area contributed by atoms with E-state index >= 15 is 0 Å². The molecule has 0 bridgehead atoms. The molecule has 2 fully saturated rings. The Morgan fingerprint density at radius 2 is 1.47 bits per heavy atom. The molecule has 0 spiro atoms. The van der Waals surface area contributed by atoms with E-state index in [1.165, 1.54) is 32.8 Å². The number of halogens is 2. The lowest BCUT2D eigenvalue weighted by molar-refractivity contribution is 0.289. The smallest absolute Gasteiger partial charge is 0.200 e. The maximum absolute atomic E-state index is 14.0. The first-order valence-electron chi connectivity index (χ1n) is 7.22. The molecule has 2 saturated carbocycles. The van der Waals surface area contributed by atoms with Crippen molar-refractivity contribution in [1.29, 1.82) is 0 Å². The van der Waals surface area contributed by atoms with E-state index in [2.05, 4.69) is 0 Å². The Hall–Kier alpha value is -1.12. The number of rotatable bonds is 3. The van der Waals surface area contributed by atoms with Gasteiger partial charge in [0.25, 0.3) is 0 Å². The summed E-state index contributed by atoms with van der Waals surface area (Å²) in [6.45, 7) is 0. The van der Waals surface area contributed by atoms with Gasteiger partial charge in [-0.25, -0.2) is 4.39 Å². The second kappa shape index (κ2) is 5.10. The van der Waals surface area contributed by atoms with Crippen molar-refractivity contribution in [3.63, 3.8) is 0 Å². The summed E-state index contributed by atoms with van der Waals surface area (Å²) in [5.74, 6) is 0.377. The van der Waals surface area contributed by atoms with Gasteiger partial charge in [0.1, 0.15) is 0 Å². The second-order valence-electron chi connectivity index (χ2n) is 5.93. The minimum Gasteiger partial charge on any atom is -0.494 e. The van der Waals surface area contributed by atoms with Crippen LogP contribution in [-0.2, 0) is 0 Å². The molecule has 0 unspecified atom stereocenters. The fourth-order valence-corrected chi connectivity index (χ4v) is 3.49. The van der Waals surface area contributed by atoms with Crippen molar-refractivity contribution in [2.45, 2.75) is 44.4 Å². The number of methoxy groups -OCH3 is 1.